The van der Waals surface area contributed by atoms with Gasteiger partial charge in [0.1, 0.15) is 5.75 Å². The van der Waals surface area contributed by atoms with Crippen LogP contribution in [0.3, 0.4) is 0 Å². The van der Waals surface area contributed by atoms with Crippen LogP contribution in [-0.4, -0.2) is 12.6 Å². The molecule has 4 N–H and O–H groups in total. The Labute approximate surface area is 91.4 Å². The Bertz CT molecular complexity index is 299. The SMILES string of the molecule is CC(C)Oc1ccccc1C(N)CCN. The highest BCUT2D eigenvalue weighted by Gasteiger charge is 2.11. The van der Waals surface area contributed by atoms with E-state index in [-0.39, 0.29) is 12.1 Å². The zero-order valence-electron chi connectivity index (χ0n) is 9.44. The van der Waals surface area contributed by atoms with Gasteiger partial charge in [-0.2, -0.15) is 0 Å². The molecule has 3 nitrogen and oxygen atoms in total. The molecule has 1 atom stereocenters. The standard InChI is InChI=1S/C12H20N2O/c1-9(2)15-12-6-4-3-5-10(12)11(14)7-8-13/h3-6,9,11H,7-8,13-14H2,1-2H3. The molecule has 0 spiro atoms. The Balaban J connectivity index is 2.85. The summed E-state index contributed by atoms with van der Waals surface area (Å²) >= 11 is 0. The molecule has 3 heteroatoms. The van der Waals surface area contributed by atoms with Crippen molar-refractivity contribution in [3.63, 3.8) is 0 Å². The van der Waals surface area contributed by atoms with Gasteiger partial charge in [-0.25, -0.2) is 0 Å². The summed E-state index contributed by atoms with van der Waals surface area (Å²) in [6.07, 6.45) is 0.939. The van der Waals surface area contributed by atoms with Gasteiger partial charge in [-0.05, 0) is 32.9 Å². The minimum Gasteiger partial charge on any atom is -0.491 e. The number of nitrogens with two attached hydrogens (primary N) is 2. The lowest BCUT2D eigenvalue weighted by Crippen LogP contribution is -2.17. The maximum absolute atomic E-state index is 6.02. The normalized spacial score (nSPS) is 12.9. The first-order valence-corrected chi connectivity index (χ1v) is 5.36. The van der Waals surface area contributed by atoms with Crippen LogP contribution in [0, 0.1) is 0 Å². The van der Waals surface area contributed by atoms with Gasteiger partial charge in [-0.1, -0.05) is 18.2 Å². The molecule has 0 aliphatic heterocycles. The molecule has 15 heavy (non-hydrogen) atoms. The monoisotopic (exact) mass is 208 g/mol. The van der Waals surface area contributed by atoms with E-state index in [1.54, 1.807) is 0 Å². The molecule has 0 aliphatic rings. The lowest BCUT2D eigenvalue weighted by atomic mass is 10.0. The number of benzene rings is 1. The first kappa shape index (κ1) is 12.0. The van der Waals surface area contributed by atoms with Gasteiger partial charge in [-0.15, -0.1) is 0 Å². The van der Waals surface area contributed by atoms with Gasteiger partial charge in [0, 0.05) is 11.6 Å². The van der Waals surface area contributed by atoms with Crippen LogP contribution in [0.15, 0.2) is 24.3 Å². The third kappa shape index (κ3) is 3.53. The van der Waals surface area contributed by atoms with E-state index in [2.05, 4.69) is 0 Å². The molecule has 0 bridgehead atoms. The van der Waals surface area contributed by atoms with Crippen molar-refractivity contribution in [1.82, 2.24) is 0 Å². The van der Waals surface area contributed by atoms with Gasteiger partial charge in [0.25, 0.3) is 0 Å². The summed E-state index contributed by atoms with van der Waals surface area (Å²) < 4.78 is 5.69. The number of hydrogen-bond acceptors (Lipinski definition) is 3. The quantitative estimate of drug-likeness (QED) is 0.776. The van der Waals surface area contributed by atoms with Crippen molar-refractivity contribution >= 4 is 0 Å². The molecule has 0 fully saturated rings. The fourth-order valence-corrected chi connectivity index (χ4v) is 1.48. The third-order valence-corrected chi connectivity index (χ3v) is 2.16. The smallest absolute Gasteiger partial charge is 0.124 e. The minimum absolute atomic E-state index is 0.0371. The van der Waals surface area contributed by atoms with Crippen LogP contribution in [0.4, 0.5) is 0 Å². The van der Waals surface area contributed by atoms with Crippen molar-refractivity contribution in [2.24, 2.45) is 11.5 Å². The molecule has 0 aliphatic carbocycles. The van der Waals surface area contributed by atoms with Gasteiger partial charge < -0.3 is 16.2 Å². The molecule has 84 valence electrons. The van der Waals surface area contributed by atoms with Gasteiger partial charge in [0.2, 0.25) is 0 Å². The first-order chi connectivity index (χ1) is 7.15. The van der Waals surface area contributed by atoms with Crippen molar-refractivity contribution in [3.05, 3.63) is 29.8 Å². The van der Waals surface area contributed by atoms with Gasteiger partial charge in [0.05, 0.1) is 6.10 Å². The summed E-state index contributed by atoms with van der Waals surface area (Å²) in [4.78, 5) is 0. The number of para-hydroxylation sites is 1. The second-order valence-corrected chi connectivity index (χ2v) is 3.89. The molecule has 0 heterocycles. The number of rotatable bonds is 5. The van der Waals surface area contributed by atoms with E-state index in [4.69, 9.17) is 16.2 Å². The molecular formula is C12H20N2O. The fourth-order valence-electron chi connectivity index (χ4n) is 1.48. The van der Waals surface area contributed by atoms with Crippen LogP contribution in [0.2, 0.25) is 0 Å². The maximum Gasteiger partial charge on any atom is 0.124 e. The maximum atomic E-state index is 6.02. The van der Waals surface area contributed by atoms with Crippen LogP contribution in [0.5, 0.6) is 5.75 Å². The zero-order valence-corrected chi connectivity index (χ0v) is 9.44. The van der Waals surface area contributed by atoms with E-state index in [1.807, 2.05) is 38.1 Å². The highest BCUT2D eigenvalue weighted by atomic mass is 16.5. The topological polar surface area (TPSA) is 61.3 Å². The second kappa shape index (κ2) is 5.73. The molecule has 0 saturated heterocycles. The van der Waals surface area contributed by atoms with E-state index in [9.17, 15) is 0 Å². The zero-order chi connectivity index (χ0) is 11.3. The van der Waals surface area contributed by atoms with Crippen LogP contribution < -0.4 is 16.2 Å². The van der Waals surface area contributed by atoms with Crippen molar-refractivity contribution in [1.29, 1.82) is 0 Å². The first-order valence-electron chi connectivity index (χ1n) is 5.36. The summed E-state index contributed by atoms with van der Waals surface area (Å²) in [6.45, 7) is 4.60. The average Bonchev–Trinajstić information content (AvgIpc) is 2.18. The molecule has 0 amide bonds. The van der Waals surface area contributed by atoms with E-state index in [0.717, 1.165) is 17.7 Å². The van der Waals surface area contributed by atoms with Crippen molar-refractivity contribution in [2.75, 3.05) is 6.54 Å². The number of ether oxygens (including phenoxy) is 1. The van der Waals surface area contributed by atoms with Crippen LogP contribution >= 0.6 is 0 Å². The summed E-state index contributed by atoms with van der Waals surface area (Å²) in [5.74, 6) is 0.869. The molecule has 0 aromatic heterocycles. The highest BCUT2D eigenvalue weighted by Crippen LogP contribution is 2.25. The van der Waals surface area contributed by atoms with Gasteiger partial charge in [-0.3, -0.25) is 0 Å². The van der Waals surface area contributed by atoms with Crippen LogP contribution in [-0.2, 0) is 0 Å². The highest BCUT2D eigenvalue weighted by molar-refractivity contribution is 5.35. The van der Waals surface area contributed by atoms with Crippen molar-refractivity contribution in [2.45, 2.75) is 32.4 Å². The molecular weight excluding hydrogens is 188 g/mol. The Morgan fingerprint density at radius 2 is 1.93 bits per heavy atom. The van der Waals surface area contributed by atoms with E-state index in [0.29, 0.717) is 6.54 Å². The summed E-state index contributed by atoms with van der Waals surface area (Å²) in [6, 6.07) is 7.84. The van der Waals surface area contributed by atoms with E-state index in [1.165, 1.54) is 0 Å². The molecule has 0 radical (unpaired) electrons. The minimum atomic E-state index is -0.0371. The lowest BCUT2D eigenvalue weighted by molar-refractivity contribution is 0.238. The van der Waals surface area contributed by atoms with E-state index >= 15 is 0 Å². The van der Waals surface area contributed by atoms with Crippen LogP contribution in [0.1, 0.15) is 31.9 Å². The largest absolute Gasteiger partial charge is 0.491 e. The van der Waals surface area contributed by atoms with Crippen molar-refractivity contribution < 1.29 is 4.74 Å². The fraction of sp³-hybridized carbons (Fsp3) is 0.500. The van der Waals surface area contributed by atoms with Crippen LogP contribution in [0.25, 0.3) is 0 Å². The Kier molecular flexibility index (Phi) is 4.59. The second-order valence-electron chi connectivity index (χ2n) is 3.89. The van der Waals surface area contributed by atoms with Crippen molar-refractivity contribution in [3.8, 4) is 5.75 Å². The number of hydrogen-bond donors (Lipinski definition) is 2. The average molecular weight is 208 g/mol. The Morgan fingerprint density at radius 3 is 2.53 bits per heavy atom. The van der Waals surface area contributed by atoms with Gasteiger partial charge >= 0.3 is 0 Å². The third-order valence-electron chi connectivity index (χ3n) is 2.16. The Hall–Kier alpha value is -1.06. The predicted molar refractivity (Wildman–Crippen MR) is 62.8 cm³/mol. The molecule has 1 unspecified atom stereocenters. The molecule has 0 saturated carbocycles. The summed E-state index contributed by atoms with van der Waals surface area (Å²) in [5.41, 5.74) is 12.6. The summed E-state index contributed by atoms with van der Waals surface area (Å²) in [7, 11) is 0. The summed E-state index contributed by atoms with van der Waals surface area (Å²) in [5, 5.41) is 0. The predicted octanol–water partition coefficient (Wildman–Crippen LogP) is 1.82. The Morgan fingerprint density at radius 1 is 1.27 bits per heavy atom. The molecule has 1 aromatic rings. The molecule has 1 aromatic carbocycles. The lowest BCUT2D eigenvalue weighted by Gasteiger charge is -2.18. The van der Waals surface area contributed by atoms with E-state index < -0.39 is 0 Å². The van der Waals surface area contributed by atoms with Gasteiger partial charge in [0.15, 0.2) is 0 Å². The molecule has 1 rings (SSSR count).